The Hall–Kier alpha value is -1.09. The van der Waals surface area contributed by atoms with E-state index in [1.807, 2.05) is 18.2 Å². The van der Waals surface area contributed by atoms with Gasteiger partial charge in [0.25, 0.3) is 0 Å². The first-order valence-electron chi connectivity index (χ1n) is 6.18. The highest BCUT2D eigenvalue weighted by molar-refractivity contribution is 6.32. The molecule has 1 aromatic heterocycles. The van der Waals surface area contributed by atoms with Gasteiger partial charge in [0.05, 0.1) is 17.3 Å². The molecule has 0 N–H and O–H groups in total. The fraction of sp³-hybridized carbons (Fsp3) is 0.267. The topological polar surface area (TPSA) is 22.1 Å². The first-order valence-corrected chi connectivity index (χ1v) is 6.94. The Morgan fingerprint density at radius 2 is 1.79 bits per heavy atom. The summed E-state index contributed by atoms with van der Waals surface area (Å²) in [5, 5.41) is 1.03. The van der Waals surface area contributed by atoms with E-state index in [0.717, 1.165) is 12.8 Å². The standard InChI is InChI=1S/C15H15Cl2NO/c16-13-8-9-15(17)18-14(13)11-19-10-4-7-12-5-2-1-3-6-12/h1-3,5-6,8-9H,4,7,10-11H2. The summed E-state index contributed by atoms with van der Waals surface area (Å²) in [6.07, 6.45) is 1.99. The number of nitrogens with zero attached hydrogens (tertiary/aromatic N) is 1. The molecular formula is C15H15Cl2NO. The molecule has 0 aliphatic heterocycles. The first-order chi connectivity index (χ1) is 9.25. The summed E-state index contributed by atoms with van der Waals surface area (Å²) in [5.41, 5.74) is 2.01. The van der Waals surface area contributed by atoms with E-state index in [0.29, 0.717) is 29.1 Å². The Labute approximate surface area is 123 Å². The monoisotopic (exact) mass is 295 g/mol. The number of pyridine rings is 1. The summed E-state index contributed by atoms with van der Waals surface area (Å²) in [7, 11) is 0. The van der Waals surface area contributed by atoms with Gasteiger partial charge in [-0.3, -0.25) is 0 Å². The third-order valence-corrected chi connectivity index (χ3v) is 3.28. The van der Waals surface area contributed by atoms with Gasteiger partial charge in [-0.05, 0) is 30.5 Å². The van der Waals surface area contributed by atoms with E-state index >= 15 is 0 Å². The van der Waals surface area contributed by atoms with Crippen molar-refractivity contribution < 1.29 is 4.74 Å². The number of aromatic nitrogens is 1. The predicted octanol–water partition coefficient (Wildman–Crippen LogP) is 4.54. The normalized spacial score (nSPS) is 10.6. The molecule has 1 aromatic carbocycles. The first kappa shape index (κ1) is 14.3. The molecule has 0 bridgehead atoms. The van der Waals surface area contributed by atoms with Gasteiger partial charge in [-0.15, -0.1) is 0 Å². The third kappa shape index (κ3) is 4.83. The lowest BCUT2D eigenvalue weighted by Crippen LogP contribution is -2.00. The van der Waals surface area contributed by atoms with E-state index in [4.69, 9.17) is 27.9 Å². The van der Waals surface area contributed by atoms with Crippen LogP contribution in [-0.2, 0) is 17.8 Å². The van der Waals surface area contributed by atoms with Crippen molar-refractivity contribution in [3.63, 3.8) is 0 Å². The maximum atomic E-state index is 6.00. The van der Waals surface area contributed by atoms with Crippen molar-refractivity contribution in [2.24, 2.45) is 0 Å². The van der Waals surface area contributed by atoms with Gasteiger partial charge in [0.15, 0.2) is 0 Å². The summed E-state index contributed by atoms with van der Waals surface area (Å²) in [6.45, 7) is 1.08. The molecule has 2 nitrogen and oxygen atoms in total. The molecule has 0 spiro atoms. The lowest BCUT2D eigenvalue weighted by atomic mass is 10.1. The molecule has 0 radical (unpaired) electrons. The molecule has 100 valence electrons. The molecule has 0 saturated heterocycles. The molecule has 4 heteroatoms. The molecular weight excluding hydrogens is 281 g/mol. The summed E-state index contributed by atoms with van der Waals surface area (Å²) in [5.74, 6) is 0. The molecule has 0 saturated carbocycles. The number of rotatable bonds is 6. The largest absolute Gasteiger partial charge is 0.375 e. The van der Waals surface area contributed by atoms with Crippen molar-refractivity contribution in [3.05, 3.63) is 63.9 Å². The van der Waals surface area contributed by atoms with Gasteiger partial charge < -0.3 is 4.74 Å². The molecule has 2 rings (SSSR count). The van der Waals surface area contributed by atoms with Crippen LogP contribution >= 0.6 is 23.2 Å². The smallest absolute Gasteiger partial charge is 0.129 e. The molecule has 19 heavy (non-hydrogen) atoms. The van der Waals surface area contributed by atoms with Crippen LogP contribution in [0.2, 0.25) is 10.2 Å². The maximum absolute atomic E-state index is 6.00. The van der Waals surface area contributed by atoms with Crippen molar-refractivity contribution in [1.29, 1.82) is 0 Å². The quantitative estimate of drug-likeness (QED) is 0.577. The molecule has 0 unspecified atom stereocenters. The molecule has 0 fully saturated rings. The summed E-state index contributed by atoms with van der Waals surface area (Å²) >= 11 is 11.8. The highest BCUT2D eigenvalue weighted by Gasteiger charge is 2.03. The zero-order valence-corrected chi connectivity index (χ0v) is 12.0. The minimum Gasteiger partial charge on any atom is -0.375 e. The zero-order valence-electron chi connectivity index (χ0n) is 10.5. The van der Waals surface area contributed by atoms with Crippen LogP contribution in [0, 0.1) is 0 Å². The van der Waals surface area contributed by atoms with Crippen molar-refractivity contribution in [3.8, 4) is 0 Å². The second-order valence-corrected chi connectivity index (χ2v) is 5.00. The average Bonchev–Trinajstić information content (AvgIpc) is 2.43. The Morgan fingerprint density at radius 3 is 2.58 bits per heavy atom. The number of benzene rings is 1. The van der Waals surface area contributed by atoms with Crippen molar-refractivity contribution >= 4 is 23.2 Å². The van der Waals surface area contributed by atoms with Gasteiger partial charge in [-0.1, -0.05) is 53.5 Å². The molecule has 1 heterocycles. The van der Waals surface area contributed by atoms with E-state index in [1.165, 1.54) is 5.56 Å². The van der Waals surface area contributed by atoms with Gasteiger partial charge >= 0.3 is 0 Å². The molecule has 0 aliphatic carbocycles. The van der Waals surface area contributed by atoms with Crippen LogP contribution in [0.1, 0.15) is 17.7 Å². The van der Waals surface area contributed by atoms with E-state index in [2.05, 4.69) is 17.1 Å². The lowest BCUT2D eigenvalue weighted by molar-refractivity contribution is 0.116. The number of halogens is 2. The van der Waals surface area contributed by atoms with Crippen molar-refractivity contribution in [2.45, 2.75) is 19.4 Å². The van der Waals surface area contributed by atoms with Crippen LogP contribution in [0.25, 0.3) is 0 Å². The van der Waals surface area contributed by atoms with Crippen LogP contribution in [0.5, 0.6) is 0 Å². The minimum atomic E-state index is 0.397. The zero-order chi connectivity index (χ0) is 13.5. The Morgan fingerprint density at radius 1 is 1.00 bits per heavy atom. The minimum absolute atomic E-state index is 0.397. The van der Waals surface area contributed by atoms with E-state index in [-0.39, 0.29) is 0 Å². The number of ether oxygens (including phenoxy) is 1. The summed E-state index contributed by atoms with van der Waals surface area (Å²) in [6, 6.07) is 13.8. The van der Waals surface area contributed by atoms with Crippen LogP contribution in [0.4, 0.5) is 0 Å². The highest BCUT2D eigenvalue weighted by atomic mass is 35.5. The summed E-state index contributed by atoms with van der Waals surface area (Å²) in [4.78, 5) is 4.14. The average molecular weight is 296 g/mol. The van der Waals surface area contributed by atoms with Gasteiger partial charge in [0.2, 0.25) is 0 Å². The molecule has 2 aromatic rings. The second-order valence-electron chi connectivity index (χ2n) is 4.20. The maximum Gasteiger partial charge on any atom is 0.129 e. The Balaban J connectivity index is 1.71. The van der Waals surface area contributed by atoms with Gasteiger partial charge in [-0.25, -0.2) is 4.98 Å². The number of hydrogen-bond donors (Lipinski definition) is 0. The van der Waals surface area contributed by atoms with Crippen LogP contribution < -0.4 is 0 Å². The fourth-order valence-electron chi connectivity index (χ4n) is 1.75. The predicted molar refractivity (Wildman–Crippen MR) is 78.7 cm³/mol. The lowest BCUT2D eigenvalue weighted by Gasteiger charge is -2.06. The van der Waals surface area contributed by atoms with Crippen LogP contribution in [0.3, 0.4) is 0 Å². The third-order valence-electron chi connectivity index (χ3n) is 2.72. The van der Waals surface area contributed by atoms with E-state index in [9.17, 15) is 0 Å². The van der Waals surface area contributed by atoms with E-state index in [1.54, 1.807) is 12.1 Å². The molecule has 0 amide bonds. The van der Waals surface area contributed by atoms with Crippen LogP contribution in [0.15, 0.2) is 42.5 Å². The number of hydrogen-bond acceptors (Lipinski definition) is 2. The molecule has 0 aliphatic rings. The summed E-state index contributed by atoms with van der Waals surface area (Å²) < 4.78 is 5.57. The van der Waals surface area contributed by atoms with E-state index < -0.39 is 0 Å². The SMILES string of the molecule is Clc1ccc(Cl)c(COCCCc2ccccc2)n1. The molecule has 0 atom stereocenters. The van der Waals surface area contributed by atoms with Gasteiger partial charge in [-0.2, -0.15) is 0 Å². The fourth-order valence-corrected chi connectivity index (χ4v) is 2.08. The second kappa shape index (κ2) is 7.49. The van der Waals surface area contributed by atoms with Crippen LogP contribution in [-0.4, -0.2) is 11.6 Å². The van der Waals surface area contributed by atoms with Crippen molar-refractivity contribution in [1.82, 2.24) is 4.98 Å². The Bertz CT molecular complexity index is 517. The van der Waals surface area contributed by atoms with Gasteiger partial charge in [0, 0.05) is 6.61 Å². The van der Waals surface area contributed by atoms with Gasteiger partial charge in [0.1, 0.15) is 5.15 Å². The van der Waals surface area contributed by atoms with Crippen molar-refractivity contribution in [2.75, 3.05) is 6.61 Å². The Kier molecular flexibility index (Phi) is 5.64. The highest BCUT2D eigenvalue weighted by Crippen LogP contribution is 2.17. The number of aryl methyl sites for hydroxylation is 1.